The highest BCUT2D eigenvalue weighted by molar-refractivity contribution is 7.09. The Morgan fingerprint density at radius 2 is 2.16 bits per heavy atom. The van der Waals surface area contributed by atoms with Crippen molar-refractivity contribution in [1.82, 2.24) is 10.3 Å². The van der Waals surface area contributed by atoms with Crippen molar-refractivity contribution in [1.29, 1.82) is 0 Å². The molecule has 19 heavy (non-hydrogen) atoms. The molecule has 106 valence electrons. The quantitative estimate of drug-likeness (QED) is 0.891. The van der Waals surface area contributed by atoms with Crippen LogP contribution in [0.2, 0.25) is 0 Å². The maximum atomic E-state index is 4.63. The van der Waals surface area contributed by atoms with E-state index in [1.807, 2.05) is 0 Å². The number of hydrogen-bond acceptors (Lipinski definition) is 3. The Morgan fingerprint density at radius 3 is 2.63 bits per heavy atom. The summed E-state index contributed by atoms with van der Waals surface area (Å²) in [5.74, 6) is 0.903. The molecule has 2 saturated carbocycles. The molecule has 3 rings (SSSR count). The Hall–Kier alpha value is -0.410. The second kappa shape index (κ2) is 4.29. The largest absolute Gasteiger partial charge is 0.305 e. The number of thiazole rings is 1. The van der Waals surface area contributed by atoms with E-state index in [4.69, 9.17) is 0 Å². The van der Waals surface area contributed by atoms with Gasteiger partial charge < -0.3 is 5.32 Å². The van der Waals surface area contributed by atoms with Crippen LogP contribution in [-0.2, 0) is 0 Å². The summed E-state index contributed by atoms with van der Waals surface area (Å²) in [5.41, 5.74) is 2.09. The number of aryl methyl sites for hydroxylation is 1. The van der Waals surface area contributed by atoms with Crippen LogP contribution < -0.4 is 5.32 Å². The molecule has 4 unspecified atom stereocenters. The van der Waals surface area contributed by atoms with E-state index in [0.29, 0.717) is 22.9 Å². The minimum atomic E-state index is 0.385. The standard InChI is InChI=1S/C16H26N2S/c1-10-9-19-14(17-10)11(2)18-13-8-12-6-7-16(13,5)15(12,3)4/h9,11-13,18H,6-8H2,1-5H3. The van der Waals surface area contributed by atoms with Gasteiger partial charge in [-0.05, 0) is 49.9 Å². The molecule has 0 radical (unpaired) electrons. The summed E-state index contributed by atoms with van der Waals surface area (Å²) in [5, 5.41) is 7.27. The lowest BCUT2D eigenvalue weighted by Crippen LogP contribution is -2.45. The van der Waals surface area contributed by atoms with Crippen molar-refractivity contribution in [2.24, 2.45) is 16.7 Å². The third kappa shape index (κ3) is 1.89. The van der Waals surface area contributed by atoms with Gasteiger partial charge in [-0.15, -0.1) is 11.3 Å². The van der Waals surface area contributed by atoms with E-state index in [1.165, 1.54) is 24.3 Å². The summed E-state index contributed by atoms with van der Waals surface area (Å²) in [6.07, 6.45) is 4.15. The summed E-state index contributed by atoms with van der Waals surface area (Å²) in [4.78, 5) is 4.63. The van der Waals surface area contributed by atoms with Crippen molar-refractivity contribution < 1.29 is 0 Å². The first-order chi connectivity index (χ1) is 8.84. The summed E-state index contributed by atoms with van der Waals surface area (Å²) >= 11 is 1.79. The van der Waals surface area contributed by atoms with Gasteiger partial charge in [-0.1, -0.05) is 20.8 Å². The van der Waals surface area contributed by atoms with Crippen LogP contribution >= 0.6 is 11.3 Å². The highest BCUT2D eigenvalue weighted by Gasteiger charge is 2.61. The zero-order valence-electron chi connectivity index (χ0n) is 12.8. The van der Waals surface area contributed by atoms with Gasteiger partial charge in [-0.25, -0.2) is 4.98 Å². The Kier molecular flexibility index (Phi) is 3.06. The van der Waals surface area contributed by atoms with E-state index in [1.54, 1.807) is 11.3 Å². The first kappa shape index (κ1) is 13.6. The third-order valence-corrected chi connectivity index (χ3v) is 7.40. The number of hydrogen-bond donors (Lipinski definition) is 1. The van der Waals surface area contributed by atoms with Gasteiger partial charge in [0.25, 0.3) is 0 Å². The predicted molar refractivity (Wildman–Crippen MR) is 81.4 cm³/mol. The highest BCUT2D eigenvalue weighted by Crippen LogP contribution is 2.65. The number of rotatable bonds is 3. The normalized spacial score (nSPS) is 37.7. The van der Waals surface area contributed by atoms with Crippen LogP contribution in [0.25, 0.3) is 0 Å². The minimum absolute atomic E-state index is 0.385. The fourth-order valence-corrected chi connectivity index (χ4v) is 5.21. The molecule has 1 heterocycles. The van der Waals surface area contributed by atoms with Gasteiger partial charge in [0.05, 0.1) is 6.04 Å². The van der Waals surface area contributed by atoms with Crippen molar-refractivity contribution in [3.05, 3.63) is 16.1 Å². The van der Waals surface area contributed by atoms with E-state index in [9.17, 15) is 0 Å². The maximum absolute atomic E-state index is 4.63. The molecule has 2 bridgehead atoms. The van der Waals surface area contributed by atoms with Crippen LogP contribution in [-0.4, -0.2) is 11.0 Å². The van der Waals surface area contributed by atoms with Crippen LogP contribution in [0.1, 0.15) is 63.7 Å². The summed E-state index contributed by atoms with van der Waals surface area (Å²) in [7, 11) is 0. The summed E-state index contributed by atoms with van der Waals surface area (Å²) in [6, 6.07) is 1.04. The van der Waals surface area contributed by atoms with E-state index in [-0.39, 0.29) is 0 Å². The van der Waals surface area contributed by atoms with Crippen LogP contribution in [0.15, 0.2) is 5.38 Å². The fraction of sp³-hybridized carbons (Fsp3) is 0.812. The molecule has 2 nitrogen and oxygen atoms in total. The third-order valence-electron chi connectivity index (χ3n) is 6.25. The number of nitrogens with one attached hydrogen (secondary N) is 1. The van der Waals surface area contributed by atoms with Gasteiger partial charge in [0.1, 0.15) is 5.01 Å². The van der Waals surface area contributed by atoms with Crippen molar-refractivity contribution in [2.75, 3.05) is 0 Å². The van der Waals surface area contributed by atoms with Crippen LogP contribution in [0.4, 0.5) is 0 Å². The zero-order valence-corrected chi connectivity index (χ0v) is 13.6. The topological polar surface area (TPSA) is 24.9 Å². The molecule has 3 heteroatoms. The summed E-state index contributed by atoms with van der Waals surface area (Å²) < 4.78 is 0. The van der Waals surface area contributed by atoms with Gasteiger partial charge >= 0.3 is 0 Å². The van der Waals surface area contributed by atoms with Gasteiger partial charge in [-0.3, -0.25) is 0 Å². The van der Waals surface area contributed by atoms with Crippen molar-refractivity contribution in [2.45, 2.75) is 66.0 Å². The molecule has 1 N–H and O–H groups in total. The van der Waals surface area contributed by atoms with E-state index in [0.717, 1.165) is 11.6 Å². The van der Waals surface area contributed by atoms with Gasteiger partial charge in [0.2, 0.25) is 0 Å². The molecule has 0 aromatic carbocycles. The van der Waals surface area contributed by atoms with Gasteiger partial charge in [-0.2, -0.15) is 0 Å². The zero-order chi connectivity index (χ0) is 13.8. The molecule has 0 aliphatic heterocycles. The lowest BCUT2D eigenvalue weighted by molar-refractivity contribution is 0.116. The molecule has 1 aromatic heterocycles. The molecule has 0 amide bonds. The molecule has 2 fully saturated rings. The van der Waals surface area contributed by atoms with Crippen molar-refractivity contribution in [3.63, 3.8) is 0 Å². The first-order valence-corrected chi connectivity index (χ1v) is 8.40. The number of fused-ring (bicyclic) bond motifs is 2. The van der Waals surface area contributed by atoms with Crippen LogP contribution in [0.3, 0.4) is 0 Å². The lowest BCUT2D eigenvalue weighted by Gasteiger charge is -2.40. The molecular formula is C16H26N2S. The smallest absolute Gasteiger partial charge is 0.110 e. The van der Waals surface area contributed by atoms with Gasteiger partial charge in [0.15, 0.2) is 0 Å². The molecule has 2 aliphatic rings. The molecule has 1 aromatic rings. The molecule has 0 spiro atoms. The Balaban J connectivity index is 1.75. The molecule has 4 atom stereocenters. The SMILES string of the molecule is Cc1csc(C(C)NC2CC3CCC2(C)C3(C)C)n1. The van der Waals surface area contributed by atoms with E-state index >= 15 is 0 Å². The predicted octanol–water partition coefficient (Wildman–Crippen LogP) is 4.32. The Bertz CT molecular complexity index is 479. The Morgan fingerprint density at radius 1 is 1.42 bits per heavy atom. The molecule has 0 saturated heterocycles. The van der Waals surface area contributed by atoms with E-state index < -0.39 is 0 Å². The van der Waals surface area contributed by atoms with Crippen LogP contribution in [0, 0.1) is 23.7 Å². The second-order valence-corrected chi connectivity index (χ2v) is 8.27. The molecular weight excluding hydrogens is 252 g/mol. The molecule has 2 aliphatic carbocycles. The fourth-order valence-electron chi connectivity index (χ4n) is 4.40. The monoisotopic (exact) mass is 278 g/mol. The first-order valence-electron chi connectivity index (χ1n) is 7.52. The average Bonchev–Trinajstić information content (AvgIpc) is 2.91. The number of nitrogens with zero attached hydrogens (tertiary/aromatic N) is 1. The maximum Gasteiger partial charge on any atom is 0.110 e. The van der Waals surface area contributed by atoms with Crippen molar-refractivity contribution >= 4 is 11.3 Å². The minimum Gasteiger partial charge on any atom is -0.305 e. The Labute approximate surface area is 121 Å². The number of aromatic nitrogens is 1. The van der Waals surface area contributed by atoms with Gasteiger partial charge in [0, 0.05) is 17.1 Å². The summed E-state index contributed by atoms with van der Waals surface area (Å²) in [6.45, 7) is 11.8. The van der Waals surface area contributed by atoms with Crippen molar-refractivity contribution in [3.8, 4) is 0 Å². The average molecular weight is 278 g/mol. The lowest BCUT2D eigenvalue weighted by atomic mass is 9.69. The van der Waals surface area contributed by atoms with E-state index in [2.05, 4.69) is 50.3 Å². The second-order valence-electron chi connectivity index (χ2n) is 7.38. The van der Waals surface area contributed by atoms with Crippen LogP contribution in [0.5, 0.6) is 0 Å². The highest BCUT2D eigenvalue weighted by atomic mass is 32.1.